The molecule has 1 aromatic heterocycles. The Labute approximate surface area is 91.6 Å². The lowest BCUT2D eigenvalue weighted by molar-refractivity contribution is 0.0974. The Morgan fingerprint density at radius 2 is 1.94 bits per heavy atom. The van der Waals surface area contributed by atoms with Crippen molar-refractivity contribution >= 4 is 5.91 Å². The van der Waals surface area contributed by atoms with Crippen molar-refractivity contribution in [3.05, 3.63) is 11.4 Å². The van der Waals surface area contributed by atoms with Crippen LogP contribution < -0.4 is 5.73 Å². The molecule has 1 aromatic rings. The fourth-order valence-electron chi connectivity index (χ4n) is 1.26. The zero-order valence-electron chi connectivity index (χ0n) is 9.32. The molecule has 0 aliphatic rings. The molecule has 5 nitrogen and oxygen atoms in total. The van der Waals surface area contributed by atoms with E-state index in [4.69, 9.17) is 5.73 Å². The maximum absolute atomic E-state index is 12.8. The van der Waals surface area contributed by atoms with Crippen molar-refractivity contribution in [1.82, 2.24) is 15.0 Å². The molecule has 0 aromatic carbocycles. The first-order chi connectivity index (χ1) is 7.36. The van der Waals surface area contributed by atoms with Crippen molar-refractivity contribution in [2.75, 3.05) is 0 Å². The van der Waals surface area contributed by atoms with Gasteiger partial charge >= 0.3 is 0 Å². The van der Waals surface area contributed by atoms with Crippen LogP contribution >= 0.6 is 0 Å². The number of nitrogens with two attached hydrogens (primary N) is 1. The summed E-state index contributed by atoms with van der Waals surface area (Å²) in [6.45, 7) is 5.47. The Morgan fingerprint density at radius 3 is 2.31 bits per heavy atom. The summed E-state index contributed by atoms with van der Waals surface area (Å²) in [5, 5.41) is 6.96. The third kappa shape index (κ3) is 2.17. The van der Waals surface area contributed by atoms with Crippen LogP contribution in [-0.4, -0.2) is 20.9 Å². The molecule has 90 valence electrons. The van der Waals surface area contributed by atoms with Crippen molar-refractivity contribution < 1.29 is 13.6 Å². The van der Waals surface area contributed by atoms with E-state index in [0.717, 1.165) is 4.68 Å². The molecule has 0 saturated carbocycles. The molecule has 1 amide bonds. The highest BCUT2D eigenvalue weighted by molar-refractivity contribution is 5.91. The Morgan fingerprint density at radius 1 is 1.38 bits per heavy atom. The Balaban J connectivity index is 3.25. The summed E-state index contributed by atoms with van der Waals surface area (Å²) in [5.41, 5.74) is 3.99. The topological polar surface area (TPSA) is 73.8 Å². The van der Waals surface area contributed by atoms with Gasteiger partial charge in [-0.15, -0.1) is 5.10 Å². The maximum atomic E-state index is 12.8. The second-order valence-corrected chi connectivity index (χ2v) is 3.92. The minimum atomic E-state index is -2.82. The SMILES string of the molecule is CC(C)C(C)n1nnc(C(N)=O)c1C(F)F. The molecule has 1 unspecified atom stereocenters. The van der Waals surface area contributed by atoms with Crippen LogP contribution in [0, 0.1) is 5.92 Å². The van der Waals surface area contributed by atoms with Crippen LogP contribution in [0.25, 0.3) is 0 Å². The van der Waals surface area contributed by atoms with Crippen LogP contribution in [0.2, 0.25) is 0 Å². The average molecular weight is 232 g/mol. The molecule has 2 N–H and O–H groups in total. The number of halogens is 2. The zero-order valence-corrected chi connectivity index (χ0v) is 9.32. The predicted molar refractivity (Wildman–Crippen MR) is 53.0 cm³/mol. The first kappa shape index (κ1) is 12.5. The van der Waals surface area contributed by atoms with E-state index in [2.05, 4.69) is 10.3 Å². The number of rotatable bonds is 4. The summed E-state index contributed by atoms with van der Waals surface area (Å²) in [4.78, 5) is 10.9. The quantitative estimate of drug-likeness (QED) is 0.855. The van der Waals surface area contributed by atoms with Gasteiger partial charge in [-0.25, -0.2) is 13.5 Å². The van der Waals surface area contributed by atoms with E-state index >= 15 is 0 Å². The molecule has 1 rings (SSSR count). The summed E-state index contributed by atoms with van der Waals surface area (Å²) < 4.78 is 26.7. The lowest BCUT2D eigenvalue weighted by Crippen LogP contribution is -2.19. The van der Waals surface area contributed by atoms with E-state index in [1.807, 2.05) is 13.8 Å². The van der Waals surface area contributed by atoms with E-state index < -0.39 is 23.7 Å². The van der Waals surface area contributed by atoms with Gasteiger partial charge in [0.05, 0.1) is 6.04 Å². The van der Waals surface area contributed by atoms with Gasteiger partial charge in [-0.3, -0.25) is 4.79 Å². The molecule has 0 saturated heterocycles. The highest BCUT2D eigenvalue weighted by Gasteiger charge is 2.28. The Bertz CT molecular complexity index is 389. The number of alkyl halides is 2. The molecular weight excluding hydrogens is 218 g/mol. The van der Waals surface area contributed by atoms with Gasteiger partial charge in [0.1, 0.15) is 5.69 Å². The summed E-state index contributed by atoms with van der Waals surface area (Å²) in [6.07, 6.45) is -2.82. The first-order valence-corrected chi connectivity index (χ1v) is 4.89. The van der Waals surface area contributed by atoms with Crippen LogP contribution in [-0.2, 0) is 0 Å². The summed E-state index contributed by atoms with van der Waals surface area (Å²) in [5.74, 6) is -0.891. The molecule has 0 bridgehead atoms. The fourth-order valence-corrected chi connectivity index (χ4v) is 1.26. The van der Waals surface area contributed by atoms with Gasteiger partial charge in [0.25, 0.3) is 12.3 Å². The minimum absolute atomic E-state index is 0.0972. The Kier molecular flexibility index (Phi) is 3.56. The molecule has 0 fully saturated rings. The first-order valence-electron chi connectivity index (χ1n) is 4.89. The highest BCUT2D eigenvalue weighted by atomic mass is 19.3. The van der Waals surface area contributed by atoms with Crippen LogP contribution in [0.1, 0.15) is 49.4 Å². The predicted octanol–water partition coefficient (Wildman–Crippen LogP) is 1.53. The van der Waals surface area contributed by atoms with Crippen LogP contribution in [0.15, 0.2) is 0 Å². The van der Waals surface area contributed by atoms with E-state index in [-0.39, 0.29) is 12.0 Å². The maximum Gasteiger partial charge on any atom is 0.282 e. The van der Waals surface area contributed by atoms with Gasteiger partial charge in [-0.05, 0) is 12.8 Å². The third-order valence-electron chi connectivity index (χ3n) is 2.52. The number of nitrogens with zero attached hydrogens (tertiary/aromatic N) is 3. The molecule has 0 spiro atoms. The van der Waals surface area contributed by atoms with Crippen molar-refractivity contribution in [3.8, 4) is 0 Å². The smallest absolute Gasteiger partial charge is 0.282 e. The number of primary amides is 1. The largest absolute Gasteiger partial charge is 0.364 e. The number of amides is 1. The van der Waals surface area contributed by atoms with Crippen molar-refractivity contribution in [1.29, 1.82) is 0 Å². The summed E-state index contributed by atoms with van der Waals surface area (Å²) in [7, 11) is 0. The molecule has 1 heterocycles. The van der Waals surface area contributed by atoms with E-state index in [1.54, 1.807) is 6.92 Å². The molecule has 0 aliphatic heterocycles. The molecule has 0 aliphatic carbocycles. The van der Waals surface area contributed by atoms with Gasteiger partial charge in [-0.2, -0.15) is 0 Å². The van der Waals surface area contributed by atoms with Gasteiger partial charge in [0.15, 0.2) is 5.69 Å². The highest BCUT2D eigenvalue weighted by Crippen LogP contribution is 2.26. The number of hydrogen-bond acceptors (Lipinski definition) is 3. The van der Waals surface area contributed by atoms with Crippen molar-refractivity contribution in [3.63, 3.8) is 0 Å². The van der Waals surface area contributed by atoms with Gasteiger partial charge in [-0.1, -0.05) is 19.1 Å². The number of aromatic nitrogens is 3. The second-order valence-electron chi connectivity index (χ2n) is 3.92. The molecule has 7 heteroatoms. The van der Waals surface area contributed by atoms with Gasteiger partial charge in [0.2, 0.25) is 0 Å². The van der Waals surface area contributed by atoms with Gasteiger partial charge < -0.3 is 5.73 Å². The lowest BCUT2D eigenvalue weighted by atomic mass is 10.1. The molecular formula is C9H14F2N4O. The number of carbonyl (C=O) groups is 1. The minimum Gasteiger partial charge on any atom is -0.364 e. The van der Waals surface area contributed by atoms with Crippen LogP contribution in [0.5, 0.6) is 0 Å². The van der Waals surface area contributed by atoms with E-state index in [9.17, 15) is 13.6 Å². The molecule has 16 heavy (non-hydrogen) atoms. The summed E-state index contributed by atoms with van der Waals surface area (Å²) in [6, 6.07) is -0.274. The molecule has 1 atom stereocenters. The van der Waals surface area contributed by atoms with E-state index in [1.165, 1.54) is 0 Å². The third-order valence-corrected chi connectivity index (χ3v) is 2.52. The van der Waals surface area contributed by atoms with E-state index in [0.29, 0.717) is 0 Å². The summed E-state index contributed by atoms with van der Waals surface area (Å²) >= 11 is 0. The Hall–Kier alpha value is -1.53. The van der Waals surface area contributed by atoms with Crippen LogP contribution in [0.4, 0.5) is 8.78 Å². The van der Waals surface area contributed by atoms with Crippen molar-refractivity contribution in [2.45, 2.75) is 33.2 Å². The van der Waals surface area contributed by atoms with Crippen molar-refractivity contribution in [2.24, 2.45) is 11.7 Å². The fraction of sp³-hybridized carbons (Fsp3) is 0.667. The zero-order chi connectivity index (χ0) is 12.5. The lowest BCUT2D eigenvalue weighted by Gasteiger charge is -2.17. The van der Waals surface area contributed by atoms with Crippen LogP contribution in [0.3, 0.4) is 0 Å². The average Bonchev–Trinajstić information content (AvgIpc) is 2.60. The second kappa shape index (κ2) is 4.54. The van der Waals surface area contributed by atoms with Gasteiger partial charge in [0, 0.05) is 0 Å². The standard InChI is InChI=1S/C9H14F2N4O/c1-4(2)5(3)15-7(8(10)11)6(9(12)16)13-14-15/h4-5,8H,1-3H3,(H2,12,16). The number of hydrogen-bond donors (Lipinski definition) is 1. The monoisotopic (exact) mass is 232 g/mol. The normalized spacial score (nSPS) is 13.4. The molecule has 0 radical (unpaired) electrons. The number of carbonyl (C=O) groups excluding carboxylic acids is 1.